The predicted octanol–water partition coefficient (Wildman–Crippen LogP) is 0.0327. The molecule has 0 radical (unpaired) electrons. The summed E-state index contributed by atoms with van der Waals surface area (Å²) in [5.41, 5.74) is 0. The highest BCUT2D eigenvalue weighted by atomic mass is 16.5. The number of aromatic nitrogens is 1. The summed E-state index contributed by atoms with van der Waals surface area (Å²) in [4.78, 5) is 17.4. The maximum Gasteiger partial charge on any atom is 0.320 e. The van der Waals surface area contributed by atoms with Gasteiger partial charge in [-0.15, -0.1) is 0 Å². The van der Waals surface area contributed by atoms with Crippen LogP contribution >= 0.6 is 0 Å². The zero-order chi connectivity index (χ0) is 11.9. The van der Waals surface area contributed by atoms with Gasteiger partial charge in [0, 0.05) is 32.4 Å². The molecule has 0 aromatic carbocycles. The maximum absolute atomic E-state index is 11.7. The van der Waals surface area contributed by atoms with Crippen LogP contribution in [0.5, 0.6) is 5.75 Å². The van der Waals surface area contributed by atoms with Crippen LogP contribution in [0.15, 0.2) is 24.5 Å². The van der Waals surface area contributed by atoms with Crippen molar-refractivity contribution in [2.45, 2.75) is 0 Å². The first-order valence-electron chi connectivity index (χ1n) is 5.62. The van der Waals surface area contributed by atoms with Gasteiger partial charge >= 0.3 is 6.03 Å². The van der Waals surface area contributed by atoms with E-state index in [1.54, 1.807) is 29.4 Å². The number of hydrogen-bond donors (Lipinski definition) is 2. The van der Waals surface area contributed by atoms with E-state index in [1.165, 1.54) is 0 Å². The molecule has 1 aliphatic rings. The van der Waals surface area contributed by atoms with E-state index in [0.717, 1.165) is 26.2 Å². The molecule has 0 atom stereocenters. The number of carbonyl (C=O) groups excluding carboxylic acids is 1. The van der Waals surface area contributed by atoms with Gasteiger partial charge in [0.1, 0.15) is 5.75 Å². The molecule has 2 N–H and O–H groups in total. The van der Waals surface area contributed by atoms with Gasteiger partial charge in [0.15, 0.2) is 6.73 Å². The van der Waals surface area contributed by atoms with Crippen molar-refractivity contribution < 1.29 is 9.53 Å². The first-order valence-corrected chi connectivity index (χ1v) is 5.62. The molecule has 1 saturated heterocycles. The van der Waals surface area contributed by atoms with Crippen molar-refractivity contribution in [3.63, 3.8) is 0 Å². The number of pyridine rings is 1. The number of carbonyl (C=O) groups is 1. The van der Waals surface area contributed by atoms with Crippen LogP contribution in [0.2, 0.25) is 0 Å². The molecule has 1 aromatic heterocycles. The molecule has 0 saturated carbocycles. The maximum atomic E-state index is 11.7. The predicted molar refractivity (Wildman–Crippen MR) is 62.7 cm³/mol. The fourth-order valence-corrected chi connectivity index (χ4v) is 1.59. The third-order valence-corrected chi connectivity index (χ3v) is 2.50. The number of nitrogens with zero attached hydrogens (tertiary/aromatic N) is 2. The smallest absolute Gasteiger partial charge is 0.320 e. The van der Waals surface area contributed by atoms with Gasteiger partial charge in [-0.05, 0) is 12.1 Å². The van der Waals surface area contributed by atoms with Gasteiger partial charge in [0.2, 0.25) is 0 Å². The van der Waals surface area contributed by atoms with Crippen molar-refractivity contribution in [2.24, 2.45) is 0 Å². The SMILES string of the molecule is O=C(NCOc1cccnc1)N1CCNCC1. The Morgan fingerprint density at radius 2 is 2.35 bits per heavy atom. The van der Waals surface area contributed by atoms with Gasteiger partial charge in [0.05, 0.1) is 6.20 Å². The second-order valence-corrected chi connectivity index (χ2v) is 3.70. The molecule has 92 valence electrons. The standard InChI is InChI=1S/C11H16N4O2/c16-11(15-6-4-12-5-7-15)14-9-17-10-2-1-3-13-8-10/h1-3,8,12H,4-7,9H2,(H,14,16). The van der Waals surface area contributed by atoms with Gasteiger partial charge in [-0.2, -0.15) is 0 Å². The first kappa shape index (κ1) is 11.7. The van der Waals surface area contributed by atoms with Crippen LogP contribution < -0.4 is 15.4 Å². The molecule has 0 unspecified atom stereocenters. The summed E-state index contributed by atoms with van der Waals surface area (Å²) in [6, 6.07) is 3.49. The minimum Gasteiger partial charge on any atom is -0.472 e. The minimum atomic E-state index is -0.0876. The number of amides is 2. The number of rotatable bonds is 3. The van der Waals surface area contributed by atoms with E-state index in [2.05, 4.69) is 15.6 Å². The van der Waals surface area contributed by atoms with Crippen molar-refractivity contribution in [3.05, 3.63) is 24.5 Å². The average molecular weight is 236 g/mol. The Kier molecular flexibility index (Phi) is 4.15. The number of ether oxygens (including phenoxy) is 1. The highest BCUT2D eigenvalue weighted by molar-refractivity contribution is 5.74. The third kappa shape index (κ3) is 3.60. The highest BCUT2D eigenvalue weighted by Crippen LogP contribution is 2.04. The number of piperazine rings is 1. The van der Waals surface area contributed by atoms with Crippen LogP contribution in [-0.2, 0) is 0 Å². The Balaban J connectivity index is 1.69. The molecule has 1 aliphatic heterocycles. The Morgan fingerprint density at radius 1 is 1.53 bits per heavy atom. The van der Waals surface area contributed by atoms with E-state index in [0.29, 0.717) is 5.75 Å². The lowest BCUT2D eigenvalue weighted by atomic mass is 10.4. The fourth-order valence-electron chi connectivity index (χ4n) is 1.59. The third-order valence-electron chi connectivity index (χ3n) is 2.50. The summed E-state index contributed by atoms with van der Waals surface area (Å²) >= 11 is 0. The van der Waals surface area contributed by atoms with Gasteiger partial charge in [-0.1, -0.05) is 0 Å². The Bertz CT molecular complexity index is 352. The van der Waals surface area contributed by atoms with E-state index in [9.17, 15) is 4.79 Å². The lowest BCUT2D eigenvalue weighted by Gasteiger charge is -2.27. The molecule has 17 heavy (non-hydrogen) atoms. The minimum absolute atomic E-state index is 0.0876. The zero-order valence-corrected chi connectivity index (χ0v) is 9.56. The van der Waals surface area contributed by atoms with Crippen molar-refractivity contribution in [3.8, 4) is 5.75 Å². The Morgan fingerprint density at radius 3 is 3.06 bits per heavy atom. The van der Waals surface area contributed by atoms with Crippen LogP contribution in [0.1, 0.15) is 0 Å². The lowest BCUT2D eigenvalue weighted by Crippen LogP contribution is -2.50. The largest absolute Gasteiger partial charge is 0.472 e. The summed E-state index contributed by atoms with van der Waals surface area (Å²) < 4.78 is 5.33. The van der Waals surface area contributed by atoms with Crippen LogP contribution in [0.3, 0.4) is 0 Å². The zero-order valence-electron chi connectivity index (χ0n) is 9.56. The Hall–Kier alpha value is -1.82. The summed E-state index contributed by atoms with van der Waals surface area (Å²) in [5.74, 6) is 0.646. The molecule has 0 aliphatic carbocycles. The molecule has 1 aromatic rings. The van der Waals surface area contributed by atoms with Crippen molar-refractivity contribution in [1.82, 2.24) is 20.5 Å². The van der Waals surface area contributed by atoms with Crippen LogP contribution in [0, 0.1) is 0 Å². The number of nitrogens with one attached hydrogen (secondary N) is 2. The van der Waals surface area contributed by atoms with E-state index in [1.807, 2.05) is 0 Å². The van der Waals surface area contributed by atoms with Gasteiger partial charge in [-0.3, -0.25) is 4.98 Å². The monoisotopic (exact) mass is 236 g/mol. The average Bonchev–Trinajstić information content (AvgIpc) is 2.41. The molecule has 2 amide bonds. The molecule has 6 heteroatoms. The van der Waals surface area contributed by atoms with E-state index >= 15 is 0 Å². The summed E-state index contributed by atoms with van der Waals surface area (Å²) in [7, 11) is 0. The Labute approximate surface area is 100.0 Å². The number of hydrogen-bond acceptors (Lipinski definition) is 4. The van der Waals surface area contributed by atoms with Crippen LogP contribution in [0.25, 0.3) is 0 Å². The number of urea groups is 1. The molecular formula is C11H16N4O2. The molecular weight excluding hydrogens is 220 g/mol. The summed E-state index contributed by atoms with van der Waals surface area (Å²) in [6.45, 7) is 3.32. The second kappa shape index (κ2) is 6.05. The molecule has 2 rings (SSSR count). The molecule has 0 bridgehead atoms. The molecule has 1 fully saturated rings. The van der Waals surface area contributed by atoms with Gasteiger partial charge < -0.3 is 20.3 Å². The lowest BCUT2D eigenvalue weighted by molar-refractivity contribution is 0.177. The quantitative estimate of drug-likeness (QED) is 0.727. The molecule has 2 heterocycles. The first-order chi connectivity index (χ1) is 8.36. The molecule has 0 spiro atoms. The highest BCUT2D eigenvalue weighted by Gasteiger charge is 2.15. The topological polar surface area (TPSA) is 66.5 Å². The van der Waals surface area contributed by atoms with Gasteiger partial charge in [-0.25, -0.2) is 4.79 Å². The van der Waals surface area contributed by atoms with E-state index in [4.69, 9.17) is 4.74 Å². The van der Waals surface area contributed by atoms with Crippen molar-refractivity contribution in [2.75, 3.05) is 32.9 Å². The normalized spacial score (nSPS) is 15.4. The molecule has 6 nitrogen and oxygen atoms in total. The van der Waals surface area contributed by atoms with Crippen LogP contribution in [-0.4, -0.2) is 48.8 Å². The van der Waals surface area contributed by atoms with Crippen molar-refractivity contribution >= 4 is 6.03 Å². The summed E-state index contributed by atoms with van der Waals surface area (Å²) in [6.07, 6.45) is 3.28. The van der Waals surface area contributed by atoms with Gasteiger partial charge in [0.25, 0.3) is 0 Å². The van der Waals surface area contributed by atoms with E-state index in [-0.39, 0.29) is 12.8 Å². The fraction of sp³-hybridized carbons (Fsp3) is 0.455. The van der Waals surface area contributed by atoms with Crippen LogP contribution in [0.4, 0.5) is 4.79 Å². The summed E-state index contributed by atoms with van der Waals surface area (Å²) in [5, 5.41) is 5.90. The van der Waals surface area contributed by atoms with Crippen molar-refractivity contribution in [1.29, 1.82) is 0 Å². The second-order valence-electron chi connectivity index (χ2n) is 3.70. The van der Waals surface area contributed by atoms with E-state index < -0.39 is 0 Å².